The summed E-state index contributed by atoms with van der Waals surface area (Å²) in [5.74, 6) is -0.550. The summed E-state index contributed by atoms with van der Waals surface area (Å²) in [6, 6.07) is 3.38. The molecule has 1 aromatic rings. The minimum atomic E-state index is -0.550. The molecule has 0 radical (unpaired) electrons. The second-order valence-electron chi connectivity index (χ2n) is 3.23. The van der Waals surface area contributed by atoms with E-state index < -0.39 is 5.82 Å². The van der Waals surface area contributed by atoms with Crippen molar-refractivity contribution < 1.29 is 4.39 Å². The Morgan fingerprint density at radius 1 is 1.31 bits per heavy atom. The first kappa shape index (κ1) is 9.64. The van der Waals surface area contributed by atoms with E-state index in [0.717, 1.165) is 0 Å². The average molecular weight is 183 g/mol. The van der Waals surface area contributed by atoms with Crippen LogP contribution in [0.25, 0.3) is 0 Å². The molecular weight excluding hydrogens is 169 g/mol. The van der Waals surface area contributed by atoms with Crippen LogP contribution < -0.4 is 16.8 Å². The van der Waals surface area contributed by atoms with E-state index >= 15 is 0 Å². The largest absolute Gasteiger partial charge is 0.396 e. The Labute approximate surface area is 76.9 Å². The minimum Gasteiger partial charge on any atom is -0.396 e. The standard InChI is InChI=1S/C9H14FN3/c1-5(2)13-7-4-3-6(11)8(10)9(7)12/h3-5,13H,11-12H2,1-2H3. The molecule has 0 unspecified atom stereocenters. The number of hydrogen-bond acceptors (Lipinski definition) is 3. The van der Waals surface area contributed by atoms with Crippen molar-refractivity contribution in [2.24, 2.45) is 0 Å². The van der Waals surface area contributed by atoms with Crippen molar-refractivity contribution in [2.75, 3.05) is 16.8 Å². The van der Waals surface area contributed by atoms with E-state index in [1.54, 1.807) is 6.07 Å². The van der Waals surface area contributed by atoms with Crippen molar-refractivity contribution in [1.29, 1.82) is 0 Å². The van der Waals surface area contributed by atoms with Crippen LogP contribution in [-0.2, 0) is 0 Å². The third-order valence-corrected chi connectivity index (χ3v) is 1.65. The Kier molecular flexibility index (Phi) is 2.60. The predicted octanol–water partition coefficient (Wildman–Crippen LogP) is 1.81. The molecule has 5 N–H and O–H groups in total. The van der Waals surface area contributed by atoms with Crippen LogP contribution in [0.2, 0.25) is 0 Å². The third kappa shape index (κ3) is 2.02. The van der Waals surface area contributed by atoms with Crippen molar-refractivity contribution in [3.05, 3.63) is 17.9 Å². The molecule has 0 spiro atoms. The summed E-state index contributed by atoms with van der Waals surface area (Å²) in [6.45, 7) is 3.90. The van der Waals surface area contributed by atoms with Gasteiger partial charge < -0.3 is 16.8 Å². The topological polar surface area (TPSA) is 64.1 Å². The van der Waals surface area contributed by atoms with Crippen LogP contribution in [0.4, 0.5) is 21.5 Å². The lowest BCUT2D eigenvalue weighted by molar-refractivity contribution is 0.637. The van der Waals surface area contributed by atoms with Crippen molar-refractivity contribution >= 4 is 17.1 Å². The molecule has 4 heteroatoms. The van der Waals surface area contributed by atoms with E-state index in [0.29, 0.717) is 5.69 Å². The van der Waals surface area contributed by atoms with E-state index in [1.165, 1.54) is 6.07 Å². The number of anilines is 3. The maximum atomic E-state index is 13.2. The second kappa shape index (κ2) is 3.51. The molecule has 0 aliphatic rings. The highest BCUT2D eigenvalue weighted by atomic mass is 19.1. The van der Waals surface area contributed by atoms with Crippen LogP contribution in [0.5, 0.6) is 0 Å². The number of nitrogen functional groups attached to an aromatic ring is 2. The van der Waals surface area contributed by atoms with Gasteiger partial charge in [-0.1, -0.05) is 0 Å². The van der Waals surface area contributed by atoms with Gasteiger partial charge in [0.05, 0.1) is 17.1 Å². The van der Waals surface area contributed by atoms with E-state index in [4.69, 9.17) is 11.5 Å². The molecular formula is C9H14FN3. The molecule has 1 aromatic carbocycles. The number of halogens is 1. The highest BCUT2D eigenvalue weighted by molar-refractivity contribution is 5.71. The van der Waals surface area contributed by atoms with Gasteiger partial charge in [0.15, 0.2) is 5.82 Å². The second-order valence-corrected chi connectivity index (χ2v) is 3.23. The predicted molar refractivity (Wildman–Crippen MR) is 54.0 cm³/mol. The molecule has 0 heterocycles. The summed E-state index contributed by atoms with van der Waals surface area (Å²) in [5.41, 5.74) is 11.6. The van der Waals surface area contributed by atoms with Gasteiger partial charge in [0.25, 0.3) is 0 Å². The van der Waals surface area contributed by atoms with E-state index in [9.17, 15) is 4.39 Å². The molecule has 0 fully saturated rings. The Hall–Kier alpha value is -1.45. The van der Waals surface area contributed by atoms with Crippen molar-refractivity contribution in [3.8, 4) is 0 Å². The molecule has 0 aliphatic heterocycles. The van der Waals surface area contributed by atoms with Gasteiger partial charge in [-0.05, 0) is 26.0 Å². The van der Waals surface area contributed by atoms with Crippen LogP contribution in [-0.4, -0.2) is 6.04 Å². The highest BCUT2D eigenvalue weighted by Crippen LogP contribution is 2.26. The molecule has 0 saturated carbocycles. The van der Waals surface area contributed by atoms with E-state index in [1.807, 2.05) is 13.8 Å². The molecule has 0 atom stereocenters. The van der Waals surface area contributed by atoms with Gasteiger partial charge in [-0.25, -0.2) is 4.39 Å². The fraction of sp³-hybridized carbons (Fsp3) is 0.333. The Morgan fingerprint density at radius 2 is 1.92 bits per heavy atom. The van der Waals surface area contributed by atoms with Gasteiger partial charge in [0.2, 0.25) is 0 Å². The van der Waals surface area contributed by atoms with Crippen LogP contribution >= 0.6 is 0 Å². The SMILES string of the molecule is CC(C)Nc1ccc(N)c(F)c1N. The first-order chi connectivity index (χ1) is 6.02. The fourth-order valence-corrected chi connectivity index (χ4v) is 1.05. The van der Waals surface area contributed by atoms with Crippen LogP contribution in [0.15, 0.2) is 12.1 Å². The average Bonchev–Trinajstić information content (AvgIpc) is 2.06. The van der Waals surface area contributed by atoms with Crippen molar-refractivity contribution in [3.63, 3.8) is 0 Å². The number of rotatable bonds is 2. The number of benzene rings is 1. The monoisotopic (exact) mass is 183 g/mol. The molecule has 1 rings (SSSR count). The fourth-order valence-electron chi connectivity index (χ4n) is 1.05. The number of nitrogens with one attached hydrogen (secondary N) is 1. The minimum absolute atomic E-state index is 0.0757. The molecule has 0 bridgehead atoms. The van der Waals surface area contributed by atoms with Gasteiger partial charge >= 0.3 is 0 Å². The smallest absolute Gasteiger partial charge is 0.171 e. The molecule has 0 aromatic heterocycles. The first-order valence-corrected chi connectivity index (χ1v) is 4.12. The molecule has 72 valence electrons. The Morgan fingerprint density at radius 3 is 2.46 bits per heavy atom. The lowest BCUT2D eigenvalue weighted by Gasteiger charge is -2.13. The third-order valence-electron chi connectivity index (χ3n) is 1.65. The lowest BCUT2D eigenvalue weighted by atomic mass is 10.2. The van der Waals surface area contributed by atoms with Crippen molar-refractivity contribution in [1.82, 2.24) is 0 Å². The summed E-state index contributed by atoms with van der Waals surface area (Å²) in [4.78, 5) is 0. The normalized spacial score (nSPS) is 10.5. The van der Waals surface area contributed by atoms with Crippen LogP contribution in [0.1, 0.15) is 13.8 Å². The van der Waals surface area contributed by atoms with E-state index in [-0.39, 0.29) is 17.4 Å². The maximum Gasteiger partial charge on any atom is 0.171 e. The number of hydrogen-bond donors (Lipinski definition) is 3. The maximum absolute atomic E-state index is 13.2. The Bertz CT molecular complexity index is 310. The lowest BCUT2D eigenvalue weighted by Crippen LogP contribution is -2.12. The summed E-state index contributed by atoms with van der Waals surface area (Å²) in [5, 5.41) is 3.02. The van der Waals surface area contributed by atoms with Gasteiger partial charge in [0, 0.05) is 6.04 Å². The Balaban J connectivity index is 3.04. The zero-order valence-electron chi connectivity index (χ0n) is 7.76. The molecule has 0 amide bonds. The highest BCUT2D eigenvalue weighted by Gasteiger charge is 2.08. The van der Waals surface area contributed by atoms with Gasteiger partial charge in [-0.15, -0.1) is 0 Å². The zero-order chi connectivity index (χ0) is 10.0. The van der Waals surface area contributed by atoms with Gasteiger partial charge in [-0.3, -0.25) is 0 Å². The number of nitrogens with two attached hydrogens (primary N) is 2. The summed E-state index contributed by atoms with van der Waals surface area (Å²) >= 11 is 0. The summed E-state index contributed by atoms with van der Waals surface area (Å²) in [6.07, 6.45) is 0. The van der Waals surface area contributed by atoms with Gasteiger partial charge in [0.1, 0.15) is 0 Å². The summed E-state index contributed by atoms with van der Waals surface area (Å²) in [7, 11) is 0. The molecule has 3 nitrogen and oxygen atoms in total. The summed E-state index contributed by atoms with van der Waals surface area (Å²) < 4.78 is 13.2. The molecule has 0 saturated heterocycles. The molecule has 13 heavy (non-hydrogen) atoms. The van der Waals surface area contributed by atoms with Crippen LogP contribution in [0.3, 0.4) is 0 Å². The van der Waals surface area contributed by atoms with Gasteiger partial charge in [-0.2, -0.15) is 0 Å². The quantitative estimate of drug-likeness (QED) is 0.613. The van der Waals surface area contributed by atoms with E-state index in [2.05, 4.69) is 5.32 Å². The zero-order valence-corrected chi connectivity index (χ0v) is 7.76. The van der Waals surface area contributed by atoms with Crippen LogP contribution in [0, 0.1) is 5.82 Å². The van der Waals surface area contributed by atoms with Crippen molar-refractivity contribution in [2.45, 2.75) is 19.9 Å². The molecule has 0 aliphatic carbocycles. The first-order valence-electron chi connectivity index (χ1n) is 4.12.